The lowest BCUT2D eigenvalue weighted by molar-refractivity contribution is 0.0844. The van der Waals surface area contributed by atoms with Crippen LogP contribution < -0.4 is 15.8 Å². The van der Waals surface area contributed by atoms with E-state index in [2.05, 4.69) is 20.7 Å². The van der Waals surface area contributed by atoms with Gasteiger partial charge >= 0.3 is 0 Å². The summed E-state index contributed by atoms with van der Waals surface area (Å²) in [4.78, 5) is 31.0. The van der Waals surface area contributed by atoms with Crippen molar-refractivity contribution in [2.75, 3.05) is 31.2 Å². The topological polar surface area (TPSA) is 83.6 Å². The minimum atomic E-state index is -0.445. The molecule has 2 heterocycles. The molecule has 0 saturated carbocycles. The molecule has 2 amide bonds. The van der Waals surface area contributed by atoms with Crippen LogP contribution in [0.4, 0.5) is 5.13 Å². The molecule has 4 rings (SSSR count). The number of amides is 2. The van der Waals surface area contributed by atoms with Gasteiger partial charge < -0.3 is 9.64 Å². The number of hydrogen-bond acceptors (Lipinski definition) is 6. The van der Waals surface area contributed by atoms with Gasteiger partial charge in [-0.05, 0) is 22.9 Å². The average Bonchev–Trinajstić information content (AvgIpc) is 3.22. The Kier molecular flexibility index (Phi) is 4.99. The van der Waals surface area contributed by atoms with Crippen LogP contribution in [-0.2, 0) is 4.74 Å². The van der Waals surface area contributed by atoms with E-state index in [0.717, 1.165) is 29.0 Å². The van der Waals surface area contributed by atoms with Crippen molar-refractivity contribution in [3.05, 3.63) is 59.1 Å². The number of rotatable bonds is 3. The second-order valence-electron chi connectivity index (χ2n) is 6.08. The van der Waals surface area contributed by atoms with E-state index in [1.165, 1.54) is 11.3 Å². The summed E-state index contributed by atoms with van der Waals surface area (Å²) >= 11 is 1.40. The van der Waals surface area contributed by atoms with E-state index in [4.69, 9.17) is 4.74 Å². The Balaban J connectivity index is 1.38. The first-order valence-electron chi connectivity index (χ1n) is 8.58. The number of thiazole rings is 1. The third-order valence-corrected chi connectivity index (χ3v) is 5.21. The lowest BCUT2D eigenvalue weighted by Gasteiger charge is -2.25. The van der Waals surface area contributed by atoms with Crippen LogP contribution >= 0.6 is 11.3 Å². The van der Waals surface area contributed by atoms with Crippen LogP contribution in [0.1, 0.15) is 20.8 Å². The number of anilines is 1. The number of ether oxygens (including phenoxy) is 1. The van der Waals surface area contributed by atoms with Gasteiger partial charge in [-0.25, -0.2) is 4.98 Å². The van der Waals surface area contributed by atoms with Gasteiger partial charge in [0.1, 0.15) is 5.69 Å². The molecule has 0 radical (unpaired) electrons. The van der Waals surface area contributed by atoms with Gasteiger partial charge in [0.2, 0.25) is 0 Å². The molecule has 2 aromatic carbocycles. The fourth-order valence-corrected chi connectivity index (χ4v) is 3.71. The quantitative estimate of drug-likeness (QED) is 0.679. The molecule has 1 fully saturated rings. The largest absolute Gasteiger partial charge is 0.378 e. The van der Waals surface area contributed by atoms with Crippen LogP contribution in [0.25, 0.3) is 10.8 Å². The van der Waals surface area contributed by atoms with Crippen molar-refractivity contribution >= 4 is 39.1 Å². The molecule has 8 heteroatoms. The minimum absolute atomic E-state index is 0.278. The molecule has 1 saturated heterocycles. The molecule has 0 bridgehead atoms. The van der Waals surface area contributed by atoms with Gasteiger partial charge in [0.25, 0.3) is 11.8 Å². The van der Waals surface area contributed by atoms with Crippen molar-refractivity contribution < 1.29 is 14.3 Å². The number of carbonyl (C=O) groups is 2. The monoisotopic (exact) mass is 382 g/mol. The number of morpholine rings is 1. The summed E-state index contributed by atoms with van der Waals surface area (Å²) < 4.78 is 5.32. The van der Waals surface area contributed by atoms with E-state index < -0.39 is 5.91 Å². The van der Waals surface area contributed by atoms with Crippen molar-refractivity contribution in [3.63, 3.8) is 0 Å². The molecular formula is C19H18N4O3S. The highest BCUT2D eigenvalue weighted by Crippen LogP contribution is 2.21. The van der Waals surface area contributed by atoms with Crippen molar-refractivity contribution in [1.29, 1.82) is 0 Å². The molecule has 2 N–H and O–H groups in total. The number of aromatic nitrogens is 1. The summed E-state index contributed by atoms with van der Waals surface area (Å²) in [6.45, 7) is 2.83. The SMILES string of the molecule is O=C(NNC(=O)c1csc(N2CCOCC2)n1)c1ccc2ccccc2c1. The fraction of sp³-hybridized carbons (Fsp3) is 0.211. The molecule has 27 heavy (non-hydrogen) atoms. The van der Waals surface area contributed by atoms with Crippen LogP contribution in [-0.4, -0.2) is 43.1 Å². The van der Waals surface area contributed by atoms with Crippen LogP contribution in [0.2, 0.25) is 0 Å². The first-order valence-corrected chi connectivity index (χ1v) is 9.46. The van der Waals surface area contributed by atoms with Crippen LogP contribution in [0.15, 0.2) is 47.8 Å². The van der Waals surface area contributed by atoms with Gasteiger partial charge in [-0.15, -0.1) is 11.3 Å². The maximum absolute atomic E-state index is 12.3. The van der Waals surface area contributed by atoms with E-state index in [1.54, 1.807) is 17.5 Å². The molecule has 0 atom stereocenters. The van der Waals surface area contributed by atoms with Gasteiger partial charge in [0.15, 0.2) is 5.13 Å². The highest BCUT2D eigenvalue weighted by atomic mass is 32.1. The Morgan fingerprint density at radius 1 is 1.00 bits per heavy atom. The summed E-state index contributed by atoms with van der Waals surface area (Å²) in [7, 11) is 0. The summed E-state index contributed by atoms with van der Waals surface area (Å²) in [6, 6.07) is 13.2. The van der Waals surface area contributed by atoms with Gasteiger partial charge in [-0.2, -0.15) is 0 Å². The maximum atomic E-state index is 12.3. The van der Waals surface area contributed by atoms with Gasteiger partial charge in [-0.1, -0.05) is 30.3 Å². The second-order valence-corrected chi connectivity index (χ2v) is 6.92. The maximum Gasteiger partial charge on any atom is 0.289 e. The molecule has 1 aromatic heterocycles. The Hall–Kier alpha value is -2.97. The predicted molar refractivity (Wildman–Crippen MR) is 104 cm³/mol. The zero-order valence-electron chi connectivity index (χ0n) is 14.5. The number of benzene rings is 2. The Morgan fingerprint density at radius 3 is 2.56 bits per heavy atom. The summed E-state index contributed by atoms with van der Waals surface area (Å²) in [6.07, 6.45) is 0. The molecular weight excluding hydrogens is 364 g/mol. The van der Waals surface area contributed by atoms with Gasteiger partial charge in [0.05, 0.1) is 13.2 Å². The molecule has 0 spiro atoms. The van der Waals surface area contributed by atoms with E-state index in [9.17, 15) is 9.59 Å². The highest BCUT2D eigenvalue weighted by molar-refractivity contribution is 7.13. The Bertz CT molecular complexity index is 982. The lowest BCUT2D eigenvalue weighted by Crippen LogP contribution is -2.41. The summed E-state index contributed by atoms with van der Waals surface area (Å²) in [5.41, 5.74) is 5.62. The molecule has 3 aromatic rings. The molecule has 1 aliphatic heterocycles. The highest BCUT2D eigenvalue weighted by Gasteiger charge is 2.18. The predicted octanol–water partition coefficient (Wildman–Crippen LogP) is 2.21. The number of carbonyl (C=O) groups excluding carboxylic acids is 2. The number of hydrazine groups is 1. The fourth-order valence-electron chi connectivity index (χ4n) is 2.85. The number of hydrogen-bond donors (Lipinski definition) is 2. The third kappa shape index (κ3) is 3.91. The average molecular weight is 382 g/mol. The molecule has 0 aliphatic carbocycles. The number of nitrogens with zero attached hydrogens (tertiary/aromatic N) is 2. The molecule has 1 aliphatic rings. The summed E-state index contributed by atoms with van der Waals surface area (Å²) in [5.74, 6) is -0.822. The van der Waals surface area contributed by atoms with E-state index >= 15 is 0 Å². The number of fused-ring (bicyclic) bond motifs is 1. The van der Waals surface area contributed by atoms with Crippen molar-refractivity contribution in [1.82, 2.24) is 15.8 Å². The Morgan fingerprint density at radius 2 is 1.74 bits per heavy atom. The van der Waals surface area contributed by atoms with Crippen molar-refractivity contribution in [2.45, 2.75) is 0 Å². The van der Waals surface area contributed by atoms with Gasteiger partial charge in [-0.3, -0.25) is 20.4 Å². The third-order valence-electron chi connectivity index (χ3n) is 4.31. The second kappa shape index (κ2) is 7.73. The zero-order chi connectivity index (χ0) is 18.6. The van der Waals surface area contributed by atoms with Crippen LogP contribution in [0.3, 0.4) is 0 Å². The molecule has 0 unspecified atom stereocenters. The smallest absolute Gasteiger partial charge is 0.289 e. The molecule has 138 valence electrons. The molecule has 7 nitrogen and oxygen atoms in total. The number of nitrogens with one attached hydrogen (secondary N) is 2. The first-order chi connectivity index (χ1) is 13.2. The van der Waals surface area contributed by atoms with Crippen molar-refractivity contribution in [2.24, 2.45) is 0 Å². The van der Waals surface area contributed by atoms with Gasteiger partial charge in [0, 0.05) is 24.0 Å². The van der Waals surface area contributed by atoms with Crippen LogP contribution in [0.5, 0.6) is 0 Å². The lowest BCUT2D eigenvalue weighted by atomic mass is 10.1. The standard InChI is InChI=1S/C19H18N4O3S/c24-17(15-6-5-13-3-1-2-4-14(13)11-15)21-22-18(25)16-12-27-19(20-16)23-7-9-26-10-8-23/h1-6,11-12H,7-10H2,(H,21,24)(H,22,25). The first kappa shape index (κ1) is 17.4. The Labute approximate surface area is 159 Å². The van der Waals surface area contributed by atoms with Crippen molar-refractivity contribution in [3.8, 4) is 0 Å². The summed E-state index contributed by atoms with van der Waals surface area (Å²) in [5, 5.41) is 4.48. The van der Waals surface area contributed by atoms with Crippen LogP contribution in [0, 0.1) is 0 Å². The normalized spacial score (nSPS) is 14.1. The zero-order valence-corrected chi connectivity index (χ0v) is 15.3. The van der Waals surface area contributed by atoms with E-state index in [-0.39, 0.29) is 11.6 Å². The van der Waals surface area contributed by atoms with E-state index in [0.29, 0.717) is 18.8 Å². The minimum Gasteiger partial charge on any atom is -0.378 e. The van der Waals surface area contributed by atoms with E-state index in [1.807, 2.05) is 30.3 Å².